The van der Waals surface area contributed by atoms with E-state index < -0.39 is 5.41 Å². The van der Waals surface area contributed by atoms with Crippen molar-refractivity contribution in [2.75, 3.05) is 6.61 Å². The van der Waals surface area contributed by atoms with E-state index in [1.165, 1.54) is 5.56 Å². The van der Waals surface area contributed by atoms with E-state index in [1.54, 1.807) is 0 Å². The van der Waals surface area contributed by atoms with Crippen molar-refractivity contribution in [3.05, 3.63) is 71.8 Å². The molecule has 0 fully saturated rings. The highest BCUT2D eigenvalue weighted by molar-refractivity contribution is 5.67. The summed E-state index contributed by atoms with van der Waals surface area (Å²) in [4.78, 5) is 11.7. The van der Waals surface area contributed by atoms with E-state index in [1.807, 2.05) is 55.5 Å². The molecule has 0 saturated heterocycles. The Kier molecular flexibility index (Phi) is 9.74. The van der Waals surface area contributed by atoms with Gasteiger partial charge in [-0.3, -0.25) is 0 Å². The van der Waals surface area contributed by atoms with Crippen molar-refractivity contribution < 1.29 is 15.0 Å². The van der Waals surface area contributed by atoms with E-state index in [4.69, 9.17) is 0 Å². The van der Waals surface area contributed by atoms with Gasteiger partial charge in [0.1, 0.15) is 6.29 Å². The molecule has 3 nitrogen and oxygen atoms in total. The molecule has 0 bridgehead atoms. The number of rotatable bonds is 14. The molecular weight excluding hydrogens is 372 g/mol. The molecule has 2 aromatic carbocycles. The second-order valence-electron chi connectivity index (χ2n) is 9.13. The highest BCUT2D eigenvalue weighted by Crippen LogP contribution is 2.30. The first-order valence-electron chi connectivity index (χ1n) is 11.3. The monoisotopic (exact) mass is 410 g/mol. The summed E-state index contributed by atoms with van der Waals surface area (Å²) in [5.41, 5.74) is 1.57. The summed E-state index contributed by atoms with van der Waals surface area (Å²) in [5, 5.41) is 20.2. The zero-order valence-electron chi connectivity index (χ0n) is 18.6. The molecule has 164 valence electrons. The Labute approximate surface area is 182 Å². The molecular formula is C27H38O3. The average Bonchev–Trinajstić information content (AvgIpc) is 2.80. The van der Waals surface area contributed by atoms with Crippen LogP contribution in [-0.4, -0.2) is 29.2 Å². The molecule has 0 aliphatic rings. The number of carbonyl (C=O) groups is 1. The maximum Gasteiger partial charge on any atom is 0.130 e. The fourth-order valence-electron chi connectivity index (χ4n) is 4.16. The third kappa shape index (κ3) is 7.07. The van der Waals surface area contributed by atoms with Crippen molar-refractivity contribution in [1.29, 1.82) is 0 Å². The maximum absolute atomic E-state index is 11.7. The summed E-state index contributed by atoms with van der Waals surface area (Å²) >= 11 is 0. The van der Waals surface area contributed by atoms with Crippen LogP contribution in [0.5, 0.6) is 0 Å². The minimum absolute atomic E-state index is 0.135. The minimum atomic E-state index is -0.446. The summed E-state index contributed by atoms with van der Waals surface area (Å²) in [6.07, 6.45) is 7.85. The number of hydrogen-bond donors (Lipinski definition) is 2. The molecule has 0 aliphatic carbocycles. The van der Waals surface area contributed by atoms with Crippen molar-refractivity contribution in [1.82, 2.24) is 0 Å². The van der Waals surface area contributed by atoms with Crippen LogP contribution in [0.25, 0.3) is 0 Å². The van der Waals surface area contributed by atoms with Crippen LogP contribution in [0.3, 0.4) is 0 Å². The number of aliphatic hydroxyl groups is 2. The van der Waals surface area contributed by atoms with Crippen molar-refractivity contribution in [2.45, 2.75) is 82.1 Å². The van der Waals surface area contributed by atoms with Gasteiger partial charge in [-0.1, -0.05) is 93.3 Å². The molecule has 0 amide bonds. The van der Waals surface area contributed by atoms with Crippen molar-refractivity contribution in [2.24, 2.45) is 0 Å². The molecule has 2 aromatic rings. The molecule has 0 aliphatic heterocycles. The van der Waals surface area contributed by atoms with Gasteiger partial charge in [0.05, 0.1) is 12.7 Å². The van der Waals surface area contributed by atoms with Gasteiger partial charge in [-0.25, -0.2) is 0 Å². The van der Waals surface area contributed by atoms with Gasteiger partial charge in [0.25, 0.3) is 0 Å². The van der Waals surface area contributed by atoms with Crippen LogP contribution in [0.4, 0.5) is 0 Å². The lowest BCUT2D eigenvalue weighted by molar-refractivity contribution is -0.112. The van der Waals surface area contributed by atoms with Gasteiger partial charge in [-0.15, -0.1) is 0 Å². The van der Waals surface area contributed by atoms with E-state index in [9.17, 15) is 15.0 Å². The smallest absolute Gasteiger partial charge is 0.130 e. The molecule has 0 saturated carbocycles. The molecule has 3 unspecified atom stereocenters. The summed E-state index contributed by atoms with van der Waals surface area (Å²) in [7, 11) is 0. The van der Waals surface area contributed by atoms with E-state index in [0.29, 0.717) is 0 Å². The largest absolute Gasteiger partial charge is 0.395 e. The fourth-order valence-corrected chi connectivity index (χ4v) is 4.16. The summed E-state index contributed by atoms with van der Waals surface area (Å²) in [6, 6.07) is 20.1. The van der Waals surface area contributed by atoms with E-state index in [2.05, 4.69) is 19.1 Å². The molecule has 0 aromatic heterocycles. The first-order valence-corrected chi connectivity index (χ1v) is 11.3. The Balaban J connectivity index is 1.66. The second kappa shape index (κ2) is 12.0. The lowest BCUT2D eigenvalue weighted by Gasteiger charge is -2.28. The zero-order valence-corrected chi connectivity index (χ0v) is 18.6. The maximum atomic E-state index is 11.7. The zero-order chi connectivity index (χ0) is 21.9. The molecule has 0 spiro atoms. The number of unbranched alkanes of at least 4 members (excludes halogenated alkanes) is 2. The second-order valence-corrected chi connectivity index (χ2v) is 9.13. The number of aldehydes is 1. The molecule has 2 rings (SSSR count). The molecule has 3 heteroatoms. The standard InChI is InChI=1S/C27H38O3/c1-26(21-28,23-13-5-3-6-14-23)19-11-9-17-25(30)18-10-12-20-27(2,22-29)24-15-7-4-8-16-24/h3-8,13-16,21,25,29-30H,9-12,17-20,22H2,1-2H3. The Hall–Kier alpha value is -1.97. The van der Waals surface area contributed by atoms with Crippen LogP contribution in [0, 0.1) is 0 Å². The normalized spacial score (nSPS) is 16.4. The quantitative estimate of drug-likeness (QED) is 0.316. The first-order chi connectivity index (χ1) is 14.4. The van der Waals surface area contributed by atoms with Gasteiger partial charge in [0.2, 0.25) is 0 Å². The lowest BCUT2D eigenvalue weighted by Crippen LogP contribution is -2.26. The van der Waals surface area contributed by atoms with Crippen LogP contribution in [0.1, 0.15) is 76.3 Å². The van der Waals surface area contributed by atoms with Crippen LogP contribution >= 0.6 is 0 Å². The van der Waals surface area contributed by atoms with Gasteiger partial charge in [0.15, 0.2) is 0 Å². The SMILES string of the molecule is CC(C=O)(CCCCC(O)CCCCC(C)(CO)c1ccccc1)c1ccccc1. The van der Waals surface area contributed by atoms with E-state index >= 15 is 0 Å². The highest BCUT2D eigenvalue weighted by atomic mass is 16.3. The number of benzene rings is 2. The summed E-state index contributed by atoms with van der Waals surface area (Å²) in [6.45, 7) is 4.24. The van der Waals surface area contributed by atoms with Gasteiger partial charge in [-0.2, -0.15) is 0 Å². The fraction of sp³-hybridized carbons (Fsp3) is 0.519. The molecule has 2 N–H and O–H groups in total. The van der Waals surface area contributed by atoms with Gasteiger partial charge in [0, 0.05) is 10.8 Å². The molecule has 0 heterocycles. The minimum Gasteiger partial charge on any atom is -0.395 e. The predicted molar refractivity (Wildman–Crippen MR) is 124 cm³/mol. The van der Waals surface area contributed by atoms with Gasteiger partial charge in [-0.05, 0) is 43.7 Å². The number of carbonyl (C=O) groups excluding carboxylic acids is 1. The first kappa shape index (κ1) is 24.3. The Morgan fingerprint density at radius 3 is 1.80 bits per heavy atom. The van der Waals surface area contributed by atoms with Gasteiger partial charge < -0.3 is 15.0 Å². The van der Waals surface area contributed by atoms with E-state index in [-0.39, 0.29) is 18.1 Å². The van der Waals surface area contributed by atoms with Crippen molar-refractivity contribution in [3.8, 4) is 0 Å². The Morgan fingerprint density at radius 2 is 1.30 bits per heavy atom. The number of aliphatic hydroxyl groups excluding tert-OH is 2. The Bertz CT molecular complexity index is 730. The molecule has 3 atom stereocenters. The van der Waals surface area contributed by atoms with Crippen LogP contribution < -0.4 is 0 Å². The van der Waals surface area contributed by atoms with Crippen molar-refractivity contribution in [3.63, 3.8) is 0 Å². The van der Waals surface area contributed by atoms with Crippen LogP contribution in [0.15, 0.2) is 60.7 Å². The third-order valence-corrected chi connectivity index (χ3v) is 6.51. The predicted octanol–water partition coefficient (Wildman–Crippen LogP) is 5.58. The van der Waals surface area contributed by atoms with Crippen LogP contribution in [-0.2, 0) is 15.6 Å². The number of hydrogen-bond acceptors (Lipinski definition) is 3. The Morgan fingerprint density at radius 1 is 0.800 bits per heavy atom. The topological polar surface area (TPSA) is 57.5 Å². The molecule has 30 heavy (non-hydrogen) atoms. The molecule has 0 radical (unpaired) electrons. The highest BCUT2D eigenvalue weighted by Gasteiger charge is 2.26. The van der Waals surface area contributed by atoms with Gasteiger partial charge >= 0.3 is 0 Å². The summed E-state index contributed by atoms with van der Waals surface area (Å²) in [5.74, 6) is 0. The van der Waals surface area contributed by atoms with Crippen LogP contribution in [0.2, 0.25) is 0 Å². The van der Waals surface area contributed by atoms with E-state index in [0.717, 1.165) is 63.2 Å². The average molecular weight is 411 g/mol. The van der Waals surface area contributed by atoms with Crippen molar-refractivity contribution >= 4 is 6.29 Å². The lowest BCUT2D eigenvalue weighted by atomic mass is 9.78. The third-order valence-electron chi connectivity index (χ3n) is 6.51. The summed E-state index contributed by atoms with van der Waals surface area (Å²) < 4.78 is 0.